The van der Waals surface area contributed by atoms with Crippen LogP contribution in [0.25, 0.3) is 0 Å². The molecule has 1 rings (SSSR count). The van der Waals surface area contributed by atoms with Crippen LogP contribution in [0.1, 0.15) is 23.0 Å². The first-order chi connectivity index (χ1) is 9.60. The number of hydrogen-bond acceptors (Lipinski definition) is 6. The van der Waals surface area contributed by atoms with Gasteiger partial charge in [0.05, 0.1) is 0 Å². The second-order valence-corrected chi connectivity index (χ2v) is 6.38. The number of anilines is 2. The molecule has 3 N–H and O–H groups in total. The minimum atomic E-state index is -0.143. The maximum Gasteiger partial charge on any atom is 0.265 e. The van der Waals surface area contributed by atoms with Gasteiger partial charge in [0.15, 0.2) is 5.13 Å². The zero-order valence-electron chi connectivity index (χ0n) is 12.0. The molecule has 0 aliphatic carbocycles. The lowest BCUT2D eigenvalue weighted by Crippen LogP contribution is -2.25. The minimum Gasteiger partial charge on any atom is -0.382 e. The molecule has 0 aromatic carbocycles. The molecule has 0 aliphatic rings. The zero-order valence-corrected chi connectivity index (χ0v) is 13.6. The molecule has 112 valence electrons. The van der Waals surface area contributed by atoms with Crippen LogP contribution in [0.3, 0.4) is 0 Å². The Hall–Kier alpha value is -1.21. The summed E-state index contributed by atoms with van der Waals surface area (Å²) in [7, 11) is 1.95. The van der Waals surface area contributed by atoms with Gasteiger partial charge in [-0.3, -0.25) is 4.79 Å². The quantitative estimate of drug-likeness (QED) is 0.540. The Bertz CT molecular complexity index is 448. The van der Waals surface area contributed by atoms with E-state index in [2.05, 4.69) is 23.8 Å². The molecular weight excluding hydrogens is 292 g/mol. The molecule has 0 spiro atoms. The third-order valence-electron chi connectivity index (χ3n) is 2.50. The summed E-state index contributed by atoms with van der Waals surface area (Å²) < 4.78 is 0. The molecule has 20 heavy (non-hydrogen) atoms. The Balaban J connectivity index is 2.53. The Morgan fingerprint density at radius 1 is 1.65 bits per heavy atom. The summed E-state index contributed by atoms with van der Waals surface area (Å²) in [6.45, 7) is 7.27. The summed E-state index contributed by atoms with van der Waals surface area (Å²) in [5.41, 5.74) is 5.82. The lowest BCUT2D eigenvalue weighted by Gasteiger charge is -2.13. The van der Waals surface area contributed by atoms with Crippen molar-refractivity contribution in [2.75, 3.05) is 42.3 Å². The summed E-state index contributed by atoms with van der Waals surface area (Å²) in [4.78, 5) is 18.8. The SMILES string of the molecule is C=CCSCCNC(=O)c1sc(N(C)CCC)nc1N. The molecule has 0 saturated carbocycles. The molecule has 5 nitrogen and oxygen atoms in total. The molecule has 1 heterocycles. The van der Waals surface area contributed by atoms with Gasteiger partial charge in [0.25, 0.3) is 5.91 Å². The van der Waals surface area contributed by atoms with Crippen LogP contribution >= 0.6 is 23.1 Å². The molecule has 1 aromatic rings. The van der Waals surface area contributed by atoms with E-state index in [1.54, 1.807) is 11.8 Å². The van der Waals surface area contributed by atoms with Crippen LogP contribution in [0, 0.1) is 0 Å². The average molecular weight is 314 g/mol. The summed E-state index contributed by atoms with van der Waals surface area (Å²) in [6, 6.07) is 0. The number of aromatic nitrogens is 1. The number of carbonyl (C=O) groups excluding carboxylic acids is 1. The molecule has 0 unspecified atom stereocenters. The number of thioether (sulfide) groups is 1. The van der Waals surface area contributed by atoms with E-state index < -0.39 is 0 Å². The highest BCUT2D eigenvalue weighted by Crippen LogP contribution is 2.27. The summed E-state index contributed by atoms with van der Waals surface area (Å²) in [5.74, 6) is 1.92. The van der Waals surface area contributed by atoms with Gasteiger partial charge in [-0.15, -0.1) is 6.58 Å². The summed E-state index contributed by atoms with van der Waals surface area (Å²) >= 11 is 3.07. The van der Waals surface area contributed by atoms with Crippen molar-refractivity contribution >= 4 is 40.0 Å². The van der Waals surface area contributed by atoms with Crippen molar-refractivity contribution in [1.82, 2.24) is 10.3 Å². The average Bonchev–Trinajstić information content (AvgIpc) is 2.81. The fourth-order valence-electron chi connectivity index (χ4n) is 1.56. The molecule has 0 aliphatic heterocycles. The molecule has 0 atom stereocenters. The van der Waals surface area contributed by atoms with Crippen LogP contribution in [0.4, 0.5) is 10.9 Å². The number of hydrogen-bond donors (Lipinski definition) is 2. The van der Waals surface area contributed by atoms with Gasteiger partial charge in [0, 0.05) is 31.6 Å². The molecule has 0 fully saturated rings. The normalized spacial score (nSPS) is 10.3. The van der Waals surface area contributed by atoms with Crippen molar-refractivity contribution < 1.29 is 4.79 Å². The van der Waals surface area contributed by atoms with Gasteiger partial charge in [-0.2, -0.15) is 11.8 Å². The fourth-order valence-corrected chi connectivity index (χ4v) is 3.03. The van der Waals surface area contributed by atoms with E-state index in [9.17, 15) is 4.79 Å². The van der Waals surface area contributed by atoms with Crippen molar-refractivity contribution in [1.29, 1.82) is 0 Å². The van der Waals surface area contributed by atoms with E-state index in [0.717, 1.165) is 29.6 Å². The topological polar surface area (TPSA) is 71.2 Å². The monoisotopic (exact) mass is 314 g/mol. The van der Waals surface area contributed by atoms with E-state index in [0.29, 0.717) is 17.2 Å². The lowest BCUT2D eigenvalue weighted by molar-refractivity contribution is 0.0961. The number of carbonyl (C=O) groups is 1. The van der Waals surface area contributed by atoms with Gasteiger partial charge in [-0.1, -0.05) is 24.3 Å². The van der Waals surface area contributed by atoms with Crippen molar-refractivity contribution in [3.8, 4) is 0 Å². The predicted octanol–water partition coefficient (Wildman–Crippen LogP) is 2.22. The number of amides is 1. The zero-order chi connectivity index (χ0) is 15.0. The lowest BCUT2D eigenvalue weighted by atomic mass is 10.4. The molecule has 0 radical (unpaired) electrons. The highest BCUT2D eigenvalue weighted by atomic mass is 32.2. The number of nitrogens with zero attached hydrogens (tertiary/aromatic N) is 2. The van der Waals surface area contributed by atoms with Gasteiger partial charge in [-0.05, 0) is 6.42 Å². The minimum absolute atomic E-state index is 0.143. The summed E-state index contributed by atoms with van der Waals surface area (Å²) in [5, 5.41) is 3.65. The first-order valence-electron chi connectivity index (χ1n) is 6.54. The Morgan fingerprint density at radius 3 is 3.05 bits per heavy atom. The number of rotatable bonds is 9. The highest BCUT2D eigenvalue weighted by molar-refractivity contribution is 7.99. The molecule has 1 amide bonds. The third-order valence-corrected chi connectivity index (χ3v) is 4.65. The predicted molar refractivity (Wildman–Crippen MR) is 89.9 cm³/mol. The van der Waals surface area contributed by atoms with Crippen molar-refractivity contribution in [3.05, 3.63) is 17.5 Å². The molecule has 7 heteroatoms. The number of nitrogens with two attached hydrogens (primary N) is 1. The van der Waals surface area contributed by atoms with E-state index in [1.165, 1.54) is 11.3 Å². The highest BCUT2D eigenvalue weighted by Gasteiger charge is 2.17. The number of nitrogen functional groups attached to an aromatic ring is 1. The first kappa shape index (κ1) is 16.8. The van der Waals surface area contributed by atoms with Gasteiger partial charge < -0.3 is 16.0 Å². The Labute approximate surface area is 128 Å². The molecular formula is C13H22N4OS2. The number of nitrogens with one attached hydrogen (secondary N) is 1. The second kappa shape index (κ2) is 8.86. The smallest absolute Gasteiger partial charge is 0.265 e. The largest absolute Gasteiger partial charge is 0.382 e. The standard InChI is InChI=1S/C13H22N4OS2/c1-4-7-17(3)13-16-11(14)10(20-13)12(18)15-6-9-19-8-5-2/h5H,2,4,6-9,14H2,1,3H3,(H,15,18). The van der Waals surface area contributed by atoms with E-state index in [-0.39, 0.29) is 5.91 Å². The maximum absolute atomic E-state index is 12.0. The van der Waals surface area contributed by atoms with Crippen LogP contribution < -0.4 is 16.0 Å². The van der Waals surface area contributed by atoms with Crippen LogP contribution in [-0.4, -0.2) is 42.5 Å². The maximum atomic E-state index is 12.0. The van der Waals surface area contributed by atoms with Gasteiger partial charge in [0.2, 0.25) is 0 Å². The molecule has 1 aromatic heterocycles. The van der Waals surface area contributed by atoms with E-state index in [1.807, 2.05) is 18.0 Å². The van der Waals surface area contributed by atoms with Gasteiger partial charge >= 0.3 is 0 Å². The van der Waals surface area contributed by atoms with Gasteiger partial charge in [-0.25, -0.2) is 4.98 Å². The third kappa shape index (κ3) is 5.05. The van der Waals surface area contributed by atoms with Crippen molar-refractivity contribution in [3.63, 3.8) is 0 Å². The van der Waals surface area contributed by atoms with Gasteiger partial charge in [0.1, 0.15) is 10.7 Å². The van der Waals surface area contributed by atoms with Crippen molar-refractivity contribution in [2.45, 2.75) is 13.3 Å². The molecule has 0 bridgehead atoms. The van der Waals surface area contributed by atoms with Crippen LogP contribution in [0.5, 0.6) is 0 Å². The van der Waals surface area contributed by atoms with E-state index >= 15 is 0 Å². The number of thiazole rings is 1. The first-order valence-corrected chi connectivity index (χ1v) is 8.51. The van der Waals surface area contributed by atoms with Crippen LogP contribution in [0.15, 0.2) is 12.7 Å². The summed E-state index contributed by atoms with van der Waals surface area (Å²) in [6.07, 6.45) is 2.88. The Morgan fingerprint density at radius 2 is 2.40 bits per heavy atom. The van der Waals surface area contributed by atoms with Crippen molar-refractivity contribution in [2.24, 2.45) is 0 Å². The van der Waals surface area contributed by atoms with E-state index in [4.69, 9.17) is 5.73 Å². The fraction of sp³-hybridized carbons (Fsp3) is 0.538. The van der Waals surface area contributed by atoms with Crippen LogP contribution in [-0.2, 0) is 0 Å². The second-order valence-electron chi connectivity index (χ2n) is 4.25. The van der Waals surface area contributed by atoms with Crippen LogP contribution in [0.2, 0.25) is 0 Å². The molecule has 0 saturated heterocycles. The Kier molecular flexibility index (Phi) is 7.46.